The highest BCUT2D eigenvalue weighted by Crippen LogP contribution is 2.21. The number of carbonyl (C=O) groups is 2. The highest BCUT2D eigenvalue weighted by molar-refractivity contribution is 5.83. The molecule has 138 valence electrons. The molecule has 0 bridgehead atoms. The van der Waals surface area contributed by atoms with Crippen molar-refractivity contribution in [3.05, 3.63) is 54.2 Å². The number of furan rings is 1. The molecule has 0 aromatic carbocycles. The Morgan fingerprint density at radius 3 is 2.92 bits per heavy atom. The number of nitrogens with zero attached hydrogens (tertiary/aromatic N) is 2. The lowest BCUT2D eigenvalue weighted by atomic mass is 10.1. The average Bonchev–Trinajstić information content (AvgIpc) is 3.26. The van der Waals surface area contributed by atoms with Crippen LogP contribution >= 0.6 is 0 Å². The molecule has 3 rings (SSSR count). The number of nitrogens with one attached hydrogen (secondary N) is 2. The van der Waals surface area contributed by atoms with E-state index in [1.807, 2.05) is 25.1 Å². The van der Waals surface area contributed by atoms with Gasteiger partial charge < -0.3 is 15.1 Å². The van der Waals surface area contributed by atoms with Gasteiger partial charge in [0, 0.05) is 43.6 Å². The predicted octanol–water partition coefficient (Wildman–Crippen LogP) is 1.11. The van der Waals surface area contributed by atoms with Gasteiger partial charge in [0.25, 0.3) is 0 Å². The third-order valence-electron chi connectivity index (χ3n) is 4.48. The summed E-state index contributed by atoms with van der Waals surface area (Å²) in [6, 6.07) is 5.27. The number of rotatable bonds is 7. The maximum absolute atomic E-state index is 12.4. The monoisotopic (exact) mass is 356 g/mol. The lowest BCUT2D eigenvalue weighted by molar-refractivity contribution is -0.125. The summed E-state index contributed by atoms with van der Waals surface area (Å²) >= 11 is 0. The zero-order chi connectivity index (χ0) is 18.4. The van der Waals surface area contributed by atoms with Crippen LogP contribution in [0.3, 0.4) is 0 Å². The van der Waals surface area contributed by atoms with Gasteiger partial charge in [-0.3, -0.25) is 19.5 Å². The third kappa shape index (κ3) is 4.70. The number of aromatic nitrogens is 1. The Balaban J connectivity index is 1.61. The van der Waals surface area contributed by atoms with E-state index >= 15 is 0 Å². The van der Waals surface area contributed by atoms with Gasteiger partial charge in [-0.1, -0.05) is 6.07 Å². The molecule has 2 aromatic rings. The fourth-order valence-corrected chi connectivity index (χ4v) is 3.33. The lowest BCUT2D eigenvalue weighted by Gasteiger charge is -2.22. The van der Waals surface area contributed by atoms with Crippen LogP contribution in [0.5, 0.6) is 0 Å². The molecule has 2 aromatic heterocycles. The van der Waals surface area contributed by atoms with Crippen molar-refractivity contribution in [1.82, 2.24) is 20.5 Å². The first-order valence-electron chi connectivity index (χ1n) is 8.86. The van der Waals surface area contributed by atoms with Crippen LogP contribution in [0.15, 0.2) is 47.5 Å². The second kappa shape index (κ2) is 8.62. The Labute approximate surface area is 152 Å². The summed E-state index contributed by atoms with van der Waals surface area (Å²) in [6.07, 6.45) is 7.57. The molecule has 7 nitrogen and oxygen atoms in total. The minimum Gasteiger partial charge on any atom is -0.472 e. The van der Waals surface area contributed by atoms with Crippen LogP contribution in [-0.2, 0) is 22.6 Å². The van der Waals surface area contributed by atoms with Crippen molar-refractivity contribution in [1.29, 1.82) is 0 Å². The Bertz CT molecular complexity index is 718. The first-order chi connectivity index (χ1) is 12.7. The fourth-order valence-electron chi connectivity index (χ4n) is 3.33. The van der Waals surface area contributed by atoms with Gasteiger partial charge in [0.05, 0.1) is 25.0 Å². The molecule has 2 amide bonds. The van der Waals surface area contributed by atoms with E-state index in [-0.39, 0.29) is 30.3 Å². The number of likely N-dealkylation sites (tertiary alicyclic amines) is 1. The number of hydrogen-bond acceptors (Lipinski definition) is 5. The molecule has 1 aliphatic heterocycles. The second-order valence-corrected chi connectivity index (χ2v) is 6.51. The Hall–Kier alpha value is -2.67. The van der Waals surface area contributed by atoms with Gasteiger partial charge >= 0.3 is 0 Å². The quantitative estimate of drug-likeness (QED) is 0.776. The summed E-state index contributed by atoms with van der Waals surface area (Å²) in [4.78, 5) is 30.8. The number of pyridine rings is 1. The molecular weight excluding hydrogens is 332 g/mol. The lowest BCUT2D eigenvalue weighted by Crippen LogP contribution is -2.42. The van der Waals surface area contributed by atoms with Gasteiger partial charge in [-0.2, -0.15) is 0 Å². The average molecular weight is 356 g/mol. The molecule has 1 saturated heterocycles. The van der Waals surface area contributed by atoms with Crippen molar-refractivity contribution in [2.75, 3.05) is 13.1 Å². The van der Waals surface area contributed by atoms with Crippen LogP contribution in [0.1, 0.15) is 24.5 Å². The second-order valence-electron chi connectivity index (χ2n) is 6.51. The zero-order valence-corrected chi connectivity index (χ0v) is 14.9. The van der Waals surface area contributed by atoms with Gasteiger partial charge in [-0.15, -0.1) is 0 Å². The van der Waals surface area contributed by atoms with Crippen molar-refractivity contribution in [2.45, 2.75) is 38.4 Å². The van der Waals surface area contributed by atoms with Crippen LogP contribution in [0.2, 0.25) is 0 Å². The number of hydrogen-bond donors (Lipinski definition) is 2. The molecule has 1 fully saturated rings. The van der Waals surface area contributed by atoms with Crippen LogP contribution in [0.25, 0.3) is 0 Å². The Morgan fingerprint density at radius 1 is 1.35 bits per heavy atom. The van der Waals surface area contributed by atoms with E-state index in [1.165, 1.54) is 0 Å². The molecular formula is C19H24N4O3. The molecule has 0 saturated carbocycles. The normalized spacial score (nSPS) is 20.0. The molecule has 0 radical (unpaired) electrons. The largest absolute Gasteiger partial charge is 0.472 e. The number of likely N-dealkylation sites (N-methyl/N-ethyl adjacent to an activating group) is 1. The van der Waals surface area contributed by atoms with Crippen molar-refractivity contribution in [3.8, 4) is 0 Å². The Morgan fingerprint density at radius 2 is 2.23 bits per heavy atom. The van der Waals surface area contributed by atoms with Gasteiger partial charge in [-0.25, -0.2) is 0 Å². The summed E-state index contributed by atoms with van der Waals surface area (Å²) in [7, 11) is 0. The van der Waals surface area contributed by atoms with E-state index in [2.05, 4.69) is 20.5 Å². The molecule has 1 aliphatic rings. The standard InChI is InChI=1S/C19H24N4O3/c1-2-21-19(25)17-9-16(12-23(17)11-15-5-7-26-13-15)22-18(24)8-14-4-3-6-20-10-14/h3-7,10,13,16-17H,2,8-9,11-12H2,1H3,(H,21,25)(H,22,24)/t16-,17-/m0/s1. The summed E-state index contributed by atoms with van der Waals surface area (Å²) in [5.74, 6) is -0.0529. The van der Waals surface area contributed by atoms with E-state index in [0.717, 1.165) is 11.1 Å². The smallest absolute Gasteiger partial charge is 0.237 e. The minimum absolute atomic E-state index is 0.00000301. The maximum Gasteiger partial charge on any atom is 0.237 e. The number of carbonyl (C=O) groups excluding carboxylic acids is 2. The van der Waals surface area contributed by atoms with Gasteiger partial charge in [0.2, 0.25) is 11.8 Å². The molecule has 0 unspecified atom stereocenters. The molecule has 2 atom stereocenters. The zero-order valence-electron chi connectivity index (χ0n) is 14.9. The summed E-state index contributed by atoms with van der Waals surface area (Å²) in [5.41, 5.74) is 1.89. The topological polar surface area (TPSA) is 87.5 Å². The molecule has 0 aliphatic carbocycles. The van der Waals surface area contributed by atoms with E-state index in [9.17, 15) is 9.59 Å². The first-order valence-corrected chi connectivity index (χ1v) is 8.86. The minimum atomic E-state index is -0.256. The highest BCUT2D eigenvalue weighted by Gasteiger charge is 2.37. The van der Waals surface area contributed by atoms with Gasteiger partial charge in [0.1, 0.15) is 0 Å². The van der Waals surface area contributed by atoms with Crippen molar-refractivity contribution >= 4 is 11.8 Å². The summed E-state index contributed by atoms with van der Waals surface area (Å²) < 4.78 is 5.12. The van der Waals surface area contributed by atoms with Crippen LogP contribution in [0.4, 0.5) is 0 Å². The van der Waals surface area contributed by atoms with E-state index < -0.39 is 0 Å². The summed E-state index contributed by atoms with van der Waals surface area (Å²) in [6.45, 7) is 3.74. The van der Waals surface area contributed by atoms with Gasteiger partial charge in [0.15, 0.2) is 0 Å². The van der Waals surface area contributed by atoms with Crippen LogP contribution in [0, 0.1) is 0 Å². The molecule has 2 N–H and O–H groups in total. The van der Waals surface area contributed by atoms with E-state index in [4.69, 9.17) is 4.42 Å². The van der Waals surface area contributed by atoms with Crippen molar-refractivity contribution < 1.29 is 14.0 Å². The number of amides is 2. The highest BCUT2D eigenvalue weighted by atomic mass is 16.3. The van der Waals surface area contributed by atoms with E-state index in [0.29, 0.717) is 26.1 Å². The predicted molar refractivity (Wildman–Crippen MR) is 96.1 cm³/mol. The summed E-state index contributed by atoms with van der Waals surface area (Å²) in [5, 5.41) is 5.94. The molecule has 0 spiro atoms. The third-order valence-corrected chi connectivity index (χ3v) is 4.48. The SMILES string of the molecule is CCNC(=O)[C@@H]1C[C@H](NC(=O)Cc2cccnc2)CN1Cc1ccoc1. The Kier molecular flexibility index (Phi) is 6.01. The first kappa shape index (κ1) is 18.1. The molecule has 26 heavy (non-hydrogen) atoms. The van der Waals surface area contributed by atoms with Gasteiger partial charge in [-0.05, 0) is 31.0 Å². The maximum atomic E-state index is 12.4. The molecule has 3 heterocycles. The fraction of sp³-hybridized carbons (Fsp3) is 0.421. The van der Waals surface area contributed by atoms with Crippen molar-refractivity contribution in [3.63, 3.8) is 0 Å². The van der Waals surface area contributed by atoms with Crippen LogP contribution in [-0.4, -0.2) is 46.9 Å². The van der Waals surface area contributed by atoms with E-state index in [1.54, 1.807) is 24.9 Å². The van der Waals surface area contributed by atoms with Crippen LogP contribution < -0.4 is 10.6 Å². The van der Waals surface area contributed by atoms with Crippen molar-refractivity contribution in [2.24, 2.45) is 0 Å². The molecule has 7 heteroatoms.